The zero-order valence-electron chi connectivity index (χ0n) is 10.1. The molecule has 0 aromatic rings. The van der Waals surface area contributed by atoms with Gasteiger partial charge in [-0.3, -0.25) is 4.79 Å². The Kier molecular flexibility index (Phi) is 5.00. The number of alkyl halides is 3. The second-order valence-corrected chi connectivity index (χ2v) is 4.73. The molecule has 1 fully saturated rings. The summed E-state index contributed by atoms with van der Waals surface area (Å²) in [5, 5.41) is 11.6. The number of nitrogens with zero attached hydrogens (tertiary/aromatic N) is 1. The van der Waals surface area contributed by atoms with Crippen molar-refractivity contribution in [1.29, 1.82) is 5.26 Å². The molecule has 1 saturated carbocycles. The summed E-state index contributed by atoms with van der Waals surface area (Å²) in [6, 6.07) is 2.04. The maximum atomic E-state index is 11.9. The molecule has 3 nitrogen and oxygen atoms in total. The van der Waals surface area contributed by atoms with E-state index in [0.29, 0.717) is 12.8 Å². The SMILES string of the molecule is N#CC1(C(=O)NCCCC(F)(F)F)CCCCC1. The zero-order chi connectivity index (χ0) is 13.6. The van der Waals surface area contributed by atoms with Crippen molar-refractivity contribution in [2.75, 3.05) is 6.54 Å². The molecular formula is C12H17F3N2O. The first-order chi connectivity index (χ1) is 8.40. The second kappa shape index (κ2) is 6.07. The molecule has 0 bridgehead atoms. The molecule has 0 unspecified atom stereocenters. The number of amides is 1. The molecular weight excluding hydrogens is 245 g/mol. The Balaban J connectivity index is 2.37. The van der Waals surface area contributed by atoms with E-state index in [4.69, 9.17) is 5.26 Å². The van der Waals surface area contributed by atoms with E-state index in [1.807, 2.05) is 6.07 Å². The smallest absolute Gasteiger partial charge is 0.355 e. The molecule has 0 radical (unpaired) electrons. The molecule has 1 amide bonds. The van der Waals surface area contributed by atoms with Crippen LogP contribution in [-0.4, -0.2) is 18.6 Å². The number of nitriles is 1. The minimum atomic E-state index is -4.19. The fourth-order valence-electron chi connectivity index (χ4n) is 2.20. The predicted octanol–water partition coefficient (Wildman–Crippen LogP) is 2.92. The Morgan fingerprint density at radius 1 is 1.28 bits per heavy atom. The Morgan fingerprint density at radius 3 is 2.39 bits per heavy atom. The lowest BCUT2D eigenvalue weighted by atomic mass is 9.74. The number of rotatable bonds is 4. The summed E-state index contributed by atoms with van der Waals surface area (Å²) >= 11 is 0. The van der Waals surface area contributed by atoms with Crippen LogP contribution in [0.4, 0.5) is 13.2 Å². The number of hydrogen-bond acceptors (Lipinski definition) is 2. The third-order valence-corrected chi connectivity index (χ3v) is 3.28. The number of carbonyl (C=O) groups excluding carboxylic acids is 1. The van der Waals surface area contributed by atoms with Crippen LogP contribution >= 0.6 is 0 Å². The largest absolute Gasteiger partial charge is 0.389 e. The summed E-state index contributed by atoms with van der Waals surface area (Å²) in [5.41, 5.74) is -1.02. The van der Waals surface area contributed by atoms with Crippen LogP contribution in [0.1, 0.15) is 44.9 Å². The van der Waals surface area contributed by atoms with E-state index in [2.05, 4.69) is 5.32 Å². The third kappa shape index (κ3) is 4.21. The molecule has 0 aliphatic heterocycles. The molecule has 6 heteroatoms. The van der Waals surface area contributed by atoms with Gasteiger partial charge in [-0.25, -0.2) is 0 Å². The van der Waals surface area contributed by atoms with Gasteiger partial charge in [-0.1, -0.05) is 19.3 Å². The lowest BCUT2D eigenvalue weighted by Crippen LogP contribution is -2.41. The van der Waals surface area contributed by atoms with Gasteiger partial charge in [-0.2, -0.15) is 18.4 Å². The van der Waals surface area contributed by atoms with E-state index in [-0.39, 0.29) is 13.0 Å². The lowest BCUT2D eigenvalue weighted by molar-refractivity contribution is -0.137. The van der Waals surface area contributed by atoms with E-state index >= 15 is 0 Å². The number of nitrogens with one attached hydrogen (secondary N) is 1. The van der Waals surface area contributed by atoms with Crippen molar-refractivity contribution in [2.24, 2.45) is 5.41 Å². The number of carbonyl (C=O) groups is 1. The summed E-state index contributed by atoms with van der Waals surface area (Å²) in [4.78, 5) is 11.9. The molecule has 1 rings (SSSR count). The molecule has 0 saturated heterocycles. The van der Waals surface area contributed by atoms with Crippen molar-refractivity contribution in [3.63, 3.8) is 0 Å². The Hall–Kier alpha value is -1.25. The Morgan fingerprint density at radius 2 is 1.89 bits per heavy atom. The van der Waals surface area contributed by atoms with Crippen LogP contribution in [0, 0.1) is 16.7 Å². The topological polar surface area (TPSA) is 52.9 Å². The van der Waals surface area contributed by atoms with Crippen LogP contribution in [0.2, 0.25) is 0 Å². The summed E-state index contributed by atoms with van der Waals surface area (Å²) < 4.78 is 35.7. The number of halogens is 3. The third-order valence-electron chi connectivity index (χ3n) is 3.28. The zero-order valence-corrected chi connectivity index (χ0v) is 10.1. The van der Waals surface area contributed by atoms with Gasteiger partial charge in [-0.05, 0) is 19.3 Å². The van der Waals surface area contributed by atoms with Crippen molar-refractivity contribution >= 4 is 5.91 Å². The molecule has 0 aromatic heterocycles. The number of hydrogen-bond donors (Lipinski definition) is 1. The lowest BCUT2D eigenvalue weighted by Gasteiger charge is -2.29. The molecule has 1 aliphatic rings. The first kappa shape index (κ1) is 14.8. The molecule has 102 valence electrons. The maximum absolute atomic E-state index is 11.9. The molecule has 1 aliphatic carbocycles. The summed E-state index contributed by atoms with van der Waals surface area (Å²) in [6.45, 7) is -0.0260. The molecule has 0 spiro atoms. The van der Waals surface area contributed by atoms with Crippen molar-refractivity contribution < 1.29 is 18.0 Å². The average molecular weight is 262 g/mol. The van der Waals surface area contributed by atoms with Crippen LogP contribution in [0.15, 0.2) is 0 Å². The quantitative estimate of drug-likeness (QED) is 0.792. The molecule has 18 heavy (non-hydrogen) atoms. The first-order valence-electron chi connectivity index (χ1n) is 6.16. The standard InChI is InChI=1S/C12H17F3N2O/c13-12(14,15)7-4-8-17-10(18)11(9-16)5-2-1-3-6-11/h1-8H2,(H,17,18). The van der Waals surface area contributed by atoms with Gasteiger partial charge in [0.25, 0.3) is 0 Å². The summed E-state index contributed by atoms with van der Waals surface area (Å²) in [6.07, 6.45) is -1.58. The van der Waals surface area contributed by atoms with Gasteiger partial charge in [0.05, 0.1) is 6.07 Å². The molecule has 0 atom stereocenters. The van der Waals surface area contributed by atoms with Crippen LogP contribution in [0.25, 0.3) is 0 Å². The Labute approximate surface area is 104 Å². The highest BCUT2D eigenvalue weighted by atomic mass is 19.4. The van der Waals surface area contributed by atoms with E-state index in [1.165, 1.54) is 0 Å². The molecule has 0 heterocycles. The summed E-state index contributed by atoms with van der Waals surface area (Å²) in [5.74, 6) is -0.410. The van der Waals surface area contributed by atoms with Gasteiger partial charge >= 0.3 is 6.18 Å². The van der Waals surface area contributed by atoms with Crippen LogP contribution in [0.5, 0.6) is 0 Å². The second-order valence-electron chi connectivity index (χ2n) is 4.73. The van der Waals surface area contributed by atoms with Crippen molar-refractivity contribution in [3.8, 4) is 6.07 Å². The highest BCUT2D eigenvalue weighted by Crippen LogP contribution is 2.35. The van der Waals surface area contributed by atoms with Gasteiger partial charge < -0.3 is 5.32 Å². The Bertz CT molecular complexity index is 327. The highest BCUT2D eigenvalue weighted by Gasteiger charge is 2.39. The van der Waals surface area contributed by atoms with Gasteiger partial charge in [0.1, 0.15) is 5.41 Å². The van der Waals surface area contributed by atoms with Crippen molar-refractivity contribution in [3.05, 3.63) is 0 Å². The van der Waals surface area contributed by atoms with Gasteiger partial charge in [0.15, 0.2) is 0 Å². The van der Waals surface area contributed by atoms with E-state index in [9.17, 15) is 18.0 Å². The minimum Gasteiger partial charge on any atom is -0.355 e. The summed E-state index contributed by atoms with van der Waals surface area (Å²) in [7, 11) is 0. The van der Waals surface area contributed by atoms with Crippen LogP contribution in [-0.2, 0) is 4.79 Å². The minimum absolute atomic E-state index is 0.0260. The van der Waals surface area contributed by atoms with E-state index in [1.54, 1.807) is 0 Å². The van der Waals surface area contributed by atoms with Gasteiger partial charge in [0.2, 0.25) is 5.91 Å². The molecule has 1 N–H and O–H groups in total. The van der Waals surface area contributed by atoms with E-state index < -0.39 is 23.9 Å². The van der Waals surface area contributed by atoms with Crippen molar-refractivity contribution in [1.82, 2.24) is 5.32 Å². The van der Waals surface area contributed by atoms with Crippen LogP contribution in [0.3, 0.4) is 0 Å². The first-order valence-corrected chi connectivity index (χ1v) is 6.16. The highest BCUT2D eigenvalue weighted by molar-refractivity contribution is 5.85. The maximum Gasteiger partial charge on any atom is 0.389 e. The van der Waals surface area contributed by atoms with E-state index in [0.717, 1.165) is 19.3 Å². The predicted molar refractivity (Wildman–Crippen MR) is 59.4 cm³/mol. The fourth-order valence-corrected chi connectivity index (χ4v) is 2.20. The fraction of sp³-hybridized carbons (Fsp3) is 0.833. The van der Waals surface area contributed by atoms with Gasteiger partial charge in [-0.15, -0.1) is 0 Å². The monoisotopic (exact) mass is 262 g/mol. The normalized spacial score (nSPS) is 19.0. The molecule has 0 aromatic carbocycles. The average Bonchev–Trinajstić information content (AvgIpc) is 2.34. The van der Waals surface area contributed by atoms with Crippen molar-refractivity contribution in [2.45, 2.75) is 51.1 Å². The van der Waals surface area contributed by atoms with Crippen LogP contribution < -0.4 is 5.32 Å². The van der Waals surface area contributed by atoms with Gasteiger partial charge in [0, 0.05) is 13.0 Å².